The van der Waals surface area contributed by atoms with E-state index in [1.54, 1.807) is 48.5 Å². The summed E-state index contributed by atoms with van der Waals surface area (Å²) in [4.78, 5) is 71.1. The second-order valence-corrected chi connectivity index (χ2v) is 9.04. The summed E-state index contributed by atoms with van der Waals surface area (Å²) < 4.78 is 25.2. The van der Waals surface area contributed by atoms with Crippen LogP contribution in [0, 0.1) is 0 Å². The average molecular weight is 619 g/mol. The number of ether oxygens (including phenoxy) is 5. The average Bonchev–Trinajstić information content (AvgIpc) is 2.97. The lowest BCUT2D eigenvalue weighted by Gasteiger charge is -2.12. The maximum Gasteiger partial charge on any atom is 0.412 e. The van der Waals surface area contributed by atoms with E-state index in [4.69, 9.17) is 30.4 Å². The van der Waals surface area contributed by atoms with Crippen LogP contribution in [0.15, 0.2) is 72.8 Å². The Balaban J connectivity index is 1.20. The fourth-order valence-electron chi connectivity index (χ4n) is 4.14. The van der Waals surface area contributed by atoms with Crippen molar-refractivity contribution in [2.45, 2.75) is 12.8 Å². The fraction of sp³-hybridized carbons (Fsp3) is 0.133. The van der Waals surface area contributed by atoms with Gasteiger partial charge in [-0.2, -0.15) is 0 Å². The summed E-state index contributed by atoms with van der Waals surface area (Å²) in [5.41, 5.74) is 10.2. The molecule has 0 radical (unpaired) electrons. The van der Waals surface area contributed by atoms with Gasteiger partial charge in [0.15, 0.2) is 0 Å². The molecule has 6 N–H and O–H groups in total. The van der Waals surface area contributed by atoms with E-state index in [1.807, 2.05) is 0 Å². The third kappa shape index (κ3) is 8.81. The number of fused-ring (bicyclic) bond motifs is 2. The summed E-state index contributed by atoms with van der Waals surface area (Å²) in [6, 6.07) is 19.3. The Kier molecular flexibility index (Phi) is 10.3. The highest BCUT2D eigenvalue weighted by Gasteiger charge is 2.17. The number of hydrogen-bond donors (Lipinski definition) is 4. The SMILES string of the molecule is NC(=O)Oc1cccc2cccc(OC(=O)NCCC(=O)OC(=O)CCNC(=O)Oc3cccc4cccc(OC(N)=O)c34)c12. The lowest BCUT2D eigenvalue weighted by atomic mass is 10.1. The molecule has 0 saturated heterocycles. The van der Waals surface area contributed by atoms with Gasteiger partial charge in [-0.15, -0.1) is 0 Å². The lowest BCUT2D eigenvalue weighted by Crippen LogP contribution is -2.31. The maximum atomic E-state index is 12.3. The predicted octanol–water partition coefficient (Wildman–Crippen LogP) is 3.64. The molecule has 4 rings (SSSR count). The Labute approximate surface area is 254 Å². The first-order valence-electron chi connectivity index (χ1n) is 13.2. The van der Waals surface area contributed by atoms with Gasteiger partial charge in [0.1, 0.15) is 23.0 Å². The van der Waals surface area contributed by atoms with Gasteiger partial charge < -0.3 is 45.8 Å². The molecule has 0 heterocycles. The number of nitrogens with one attached hydrogen (secondary N) is 2. The molecule has 0 aliphatic heterocycles. The summed E-state index contributed by atoms with van der Waals surface area (Å²) in [5, 5.41) is 6.59. The third-order valence-corrected chi connectivity index (χ3v) is 5.91. The molecule has 232 valence electrons. The van der Waals surface area contributed by atoms with Crippen LogP contribution in [0.25, 0.3) is 21.5 Å². The number of rotatable bonds is 10. The van der Waals surface area contributed by atoms with Crippen LogP contribution in [-0.4, -0.2) is 49.4 Å². The van der Waals surface area contributed by atoms with E-state index >= 15 is 0 Å². The molecular formula is C30H26N4O11. The maximum absolute atomic E-state index is 12.3. The predicted molar refractivity (Wildman–Crippen MR) is 157 cm³/mol. The monoisotopic (exact) mass is 618 g/mol. The first-order chi connectivity index (χ1) is 21.6. The number of benzene rings is 4. The molecule has 0 aliphatic rings. The van der Waals surface area contributed by atoms with Crippen LogP contribution in [0.4, 0.5) is 19.2 Å². The molecule has 15 nitrogen and oxygen atoms in total. The van der Waals surface area contributed by atoms with Crippen LogP contribution in [0.3, 0.4) is 0 Å². The standard InChI is InChI=1S/C30H26N4O11/c31-27(37)41-19-9-1-5-17-7-3-11-21(25(17)19)43-29(39)33-15-13-23(35)45-24(36)14-16-34-30(40)44-22-12-4-8-18-6-2-10-20(26(18)22)42-28(32)38/h1-12H,13-16H2,(H2,31,37)(H2,32,38)(H,33,39)(H,34,40). The van der Waals surface area contributed by atoms with Crippen molar-refractivity contribution in [3.63, 3.8) is 0 Å². The van der Waals surface area contributed by atoms with Crippen LogP contribution in [0.1, 0.15) is 12.8 Å². The van der Waals surface area contributed by atoms with Gasteiger partial charge in [-0.1, -0.05) is 48.5 Å². The first kappa shape index (κ1) is 31.6. The molecule has 45 heavy (non-hydrogen) atoms. The van der Waals surface area contributed by atoms with Crippen molar-refractivity contribution in [3.8, 4) is 23.0 Å². The van der Waals surface area contributed by atoms with Crippen molar-refractivity contribution in [1.82, 2.24) is 10.6 Å². The zero-order chi connectivity index (χ0) is 32.3. The molecule has 4 aromatic carbocycles. The Morgan fingerprint density at radius 3 is 1.18 bits per heavy atom. The highest BCUT2D eigenvalue weighted by molar-refractivity contribution is 5.97. The summed E-state index contributed by atoms with van der Waals surface area (Å²) in [6.45, 7) is -0.450. The fourth-order valence-corrected chi connectivity index (χ4v) is 4.14. The first-order valence-corrected chi connectivity index (χ1v) is 13.2. The Morgan fingerprint density at radius 2 is 0.844 bits per heavy atom. The quantitative estimate of drug-likeness (QED) is 0.148. The minimum Gasteiger partial charge on any atom is -0.410 e. The smallest absolute Gasteiger partial charge is 0.410 e. The highest BCUT2D eigenvalue weighted by Crippen LogP contribution is 2.35. The summed E-state index contributed by atoms with van der Waals surface area (Å²) in [5.74, 6) is -1.53. The molecule has 0 atom stereocenters. The molecule has 0 saturated carbocycles. The van der Waals surface area contributed by atoms with Gasteiger partial charge in [0.25, 0.3) is 0 Å². The van der Waals surface area contributed by atoms with Crippen molar-refractivity contribution in [2.75, 3.05) is 13.1 Å². The molecular weight excluding hydrogens is 592 g/mol. The molecule has 0 bridgehead atoms. The lowest BCUT2D eigenvalue weighted by molar-refractivity contribution is -0.159. The molecule has 0 aliphatic carbocycles. The molecule has 0 fully saturated rings. The van der Waals surface area contributed by atoms with Crippen molar-refractivity contribution >= 4 is 57.9 Å². The van der Waals surface area contributed by atoms with E-state index in [1.165, 1.54) is 24.3 Å². The van der Waals surface area contributed by atoms with Gasteiger partial charge in [-0.25, -0.2) is 19.2 Å². The van der Waals surface area contributed by atoms with Crippen molar-refractivity contribution in [2.24, 2.45) is 11.5 Å². The normalized spacial score (nSPS) is 10.4. The van der Waals surface area contributed by atoms with Crippen LogP contribution in [-0.2, 0) is 14.3 Å². The zero-order valence-electron chi connectivity index (χ0n) is 23.4. The zero-order valence-corrected chi connectivity index (χ0v) is 23.4. The highest BCUT2D eigenvalue weighted by atomic mass is 16.6. The van der Waals surface area contributed by atoms with Crippen LogP contribution < -0.4 is 41.0 Å². The van der Waals surface area contributed by atoms with Crippen LogP contribution in [0.2, 0.25) is 0 Å². The van der Waals surface area contributed by atoms with E-state index in [0.29, 0.717) is 21.5 Å². The van der Waals surface area contributed by atoms with Crippen molar-refractivity contribution in [3.05, 3.63) is 72.8 Å². The number of carbonyl (C=O) groups excluding carboxylic acids is 6. The number of primary amides is 2. The number of amides is 4. The van der Waals surface area contributed by atoms with Gasteiger partial charge >= 0.3 is 36.3 Å². The van der Waals surface area contributed by atoms with Crippen molar-refractivity contribution in [1.29, 1.82) is 0 Å². The molecule has 0 unspecified atom stereocenters. The summed E-state index contributed by atoms with van der Waals surface area (Å²) in [7, 11) is 0. The van der Waals surface area contributed by atoms with E-state index < -0.39 is 36.3 Å². The van der Waals surface area contributed by atoms with Gasteiger partial charge in [0, 0.05) is 13.1 Å². The second kappa shape index (κ2) is 14.7. The molecule has 0 aromatic heterocycles. The van der Waals surface area contributed by atoms with E-state index in [0.717, 1.165) is 0 Å². The van der Waals surface area contributed by atoms with Gasteiger partial charge in [0.05, 0.1) is 23.6 Å². The minimum atomic E-state index is -1.04. The molecule has 4 amide bonds. The Hall–Kier alpha value is -6.38. The van der Waals surface area contributed by atoms with E-state index in [9.17, 15) is 28.8 Å². The number of esters is 2. The van der Waals surface area contributed by atoms with Crippen molar-refractivity contribution < 1.29 is 52.5 Å². The van der Waals surface area contributed by atoms with Crippen LogP contribution in [0.5, 0.6) is 23.0 Å². The number of carbonyl (C=O) groups is 6. The second-order valence-electron chi connectivity index (χ2n) is 9.04. The Bertz CT molecular complexity index is 1650. The molecule has 4 aromatic rings. The Morgan fingerprint density at radius 1 is 0.511 bits per heavy atom. The third-order valence-electron chi connectivity index (χ3n) is 5.91. The molecule has 15 heteroatoms. The largest absolute Gasteiger partial charge is 0.412 e. The number of hydrogen-bond acceptors (Lipinski definition) is 11. The van der Waals surface area contributed by atoms with Gasteiger partial charge in [-0.3, -0.25) is 9.59 Å². The van der Waals surface area contributed by atoms with E-state index in [2.05, 4.69) is 15.4 Å². The van der Waals surface area contributed by atoms with Crippen LogP contribution >= 0.6 is 0 Å². The topological polar surface area (TPSA) is 225 Å². The van der Waals surface area contributed by atoms with Gasteiger partial charge in [0.2, 0.25) is 0 Å². The summed E-state index contributed by atoms with van der Waals surface area (Å²) >= 11 is 0. The van der Waals surface area contributed by atoms with Gasteiger partial charge in [-0.05, 0) is 35.0 Å². The van der Waals surface area contributed by atoms with E-state index in [-0.39, 0.29) is 48.9 Å². The number of nitrogens with two attached hydrogens (primary N) is 2. The minimum absolute atomic E-state index is 0.0746. The summed E-state index contributed by atoms with van der Waals surface area (Å²) in [6.07, 6.45) is -4.65. The molecule has 0 spiro atoms.